The zero-order valence-corrected chi connectivity index (χ0v) is 14.3. The summed E-state index contributed by atoms with van der Waals surface area (Å²) in [6, 6.07) is 4.69. The molecule has 0 radical (unpaired) electrons. The number of hydrogen-bond donors (Lipinski definition) is 1. The van der Waals surface area contributed by atoms with Gasteiger partial charge in [0.05, 0.1) is 17.8 Å². The van der Waals surface area contributed by atoms with E-state index in [1.54, 1.807) is 6.92 Å². The minimum atomic E-state index is -0.740. The zero-order valence-electron chi connectivity index (χ0n) is 14.3. The minimum absolute atomic E-state index is 0.106. The van der Waals surface area contributed by atoms with Gasteiger partial charge in [-0.05, 0) is 32.4 Å². The predicted octanol–water partition coefficient (Wildman–Crippen LogP) is 3.47. The van der Waals surface area contributed by atoms with Gasteiger partial charge in [-0.2, -0.15) is 0 Å². The van der Waals surface area contributed by atoms with Gasteiger partial charge in [0.2, 0.25) is 5.91 Å². The van der Waals surface area contributed by atoms with Crippen LogP contribution in [0.1, 0.15) is 29.1 Å². The molecule has 136 valence electrons. The quantitative estimate of drug-likeness (QED) is 0.727. The van der Waals surface area contributed by atoms with Gasteiger partial charge >= 0.3 is 0 Å². The first-order valence-electron chi connectivity index (χ1n) is 8.03. The Kier molecular flexibility index (Phi) is 5.11. The molecule has 0 spiro atoms. The molecule has 3 aromatic rings. The molecule has 0 saturated carbocycles. The molecule has 26 heavy (non-hydrogen) atoms. The summed E-state index contributed by atoms with van der Waals surface area (Å²) in [5.41, 5.74) is 2.25. The first-order valence-corrected chi connectivity index (χ1v) is 8.03. The number of rotatable bonds is 6. The highest BCUT2D eigenvalue weighted by Crippen LogP contribution is 2.24. The Bertz CT molecular complexity index is 914. The first-order chi connectivity index (χ1) is 12.4. The molecule has 1 N–H and O–H groups in total. The molecule has 2 heterocycles. The Morgan fingerprint density at radius 1 is 1.15 bits per heavy atom. The van der Waals surface area contributed by atoms with Crippen LogP contribution in [0.5, 0.6) is 0 Å². The molecule has 8 heteroatoms. The molecule has 0 unspecified atom stereocenters. The van der Waals surface area contributed by atoms with E-state index >= 15 is 0 Å². The Balaban J connectivity index is 1.55. The van der Waals surface area contributed by atoms with Crippen LogP contribution in [-0.2, 0) is 17.8 Å². The molecule has 0 fully saturated rings. The number of hydrogen-bond acceptors (Lipinski definition) is 5. The van der Waals surface area contributed by atoms with Gasteiger partial charge in [0.15, 0.2) is 5.76 Å². The van der Waals surface area contributed by atoms with Crippen molar-refractivity contribution >= 4 is 5.91 Å². The SMILES string of the molecule is Cc1noc(C)c1CCC(=O)NCc1cc(-c2ccc(F)cc2F)on1. The van der Waals surface area contributed by atoms with Gasteiger partial charge in [-0.25, -0.2) is 8.78 Å². The second-order valence-electron chi connectivity index (χ2n) is 5.89. The Labute approximate surface area is 148 Å². The van der Waals surface area contributed by atoms with Crippen LogP contribution in [0.3, 0.4) is 0 Å². The van der Waals surface area contributed by atoms with E-state index in [0.29, 0.717) is 17.9 Å². The molecule has 3 rings (SSSR count). The molecule has 1 amide bonds. The number of aryl methyl sites for hydroxylation is 2. The fourth-order valence-corrected chi connectivity index (χ4v) is 2.59. The lowest BCUT2D eigenvalue weighted by molar-refractivity contribution is -0.121. The lowest BCUT2D eigenvalue weighted by Crippen LogP contribution is -2.23. The molecular weight excluding hydrogens is 344 g/mol. The summed E-state index contributed by atoms with van der Waals surface area (Å²) in [6.07, 6.45) is 0.804. The van der Waals surface area contributed by atoms with Gasteiger partial charge in [-0.1, -0.05) is 10.3 Å². The monoisotopic (exact) mass is 361 g/mol. The number of carbonyl (C=O) groups excluding carboxylic acids is 1. The van der Waals surface area contributed by atoms with E-state index in [1.165, 1.54) is 12.1 Å². The lowest BCUT2D eigenvalue weighted by atomic mass is 10.1. The van der Waals surface area contributed by atoms with E-state index < -0.39 is 11.6 Å². The number of nitrogens with one attached hydrogen (secondary N) is 1. The largest absolute Gasteiger partial charge is 0.361 e. The van der Waals surface area contributed by atoms with Crippen molar-refractivity contribution in [2.24, 2.45) is 0 Å². The normalized spacial score (nSPS) is 10.9. The van der Waals surface area contributed by atoms with Gasteiger partial charge in [-0.3, -0.25) is 4.79 Å². The summed E-state index contributed by atoms with van der Waals surface area (Å²) in [5.74, 6) is -0.699. The van der Waals surface area contributed by atoms with Gasteiger partial charge in [-0.15, -0.1) is 0 Å². The van der Waals surface area contributed by atoms with Crippen LogP contribution in [-0.4, -0.2) is 16.2 Å². The third-order valence-electron chi connectivity index (χ3n) is 4.01. The predicted molar refractivity (Wildman–Crippen MR) is 88.0 cm³/mol. The van der Waals surface area contributed by atoms with Gasteiger partial charge in [0.1, 0.15) is 23.1 Å². The van der Waals surface area contributed by atoms with E-state index in [-0.39, 0.29) is 30.2 Å². The molecule has 2 aromatic heterocycles. The van der Waals surface area contributed by atoms with Crippen LogP contribution in [0.25, 0.3) is 11.3 Å². The van der Waals surface area contributed by atoms with Crippen LogP contribution in [0.2, 0.25) is 0 Å². The van der Waals surface area contributed by atoms with Gasteiger partial charge in [0, 0.05) is 24.1 Å². The average molecular weight is 361 g/mol. The maximum atomic E-state index is 13.7. The number of nitrogens with zero attached hydrogens (tertiary/aromatic N) is 2. The van der Waals surface area contributed by atoms with Crippen LogP contribution in [0.15, 0.2) is 33.3 Å². The van der Waals surface area contributed by atoms with Crippen molar-refractivity contribution in [1.29, 1.82) is 0 Å². The molecule has 6 nitrogen and oxygen atoms in total. The summed E-state index contributed by atoms with van der Waals surface area (Å²) in [6.45, 7) is 3.78. The first kappa shape index (κ1) is 17.8. The van der Waals surface area contributed by atoms with Crippen molar-refractivity contribution in [3.05, 3.63) is 58.6 Å². The van der Waals surface area contributed by atoms with Crippen molar-refractivity contribution in [2.75, 3.05) is 0 Å². The average Bonchev–Trinajstić information content (AvgIpc) is 3.18. The standard InChI is InChI=1S/C18H17F2N3O3/c1-10-14(11(2)25-22-10)5-6-18(24)21-9-13-8-17(26-23-13)15-4-3-12(19)7-16(15)20/h3-4,7-8H,5-6,9H2,1-2H3,(H,21,24). The highest BCUT2D eigenvalue weighted by Gasteiger charge is 2.14. The molecule has 0 aliphatic heterocycles. The zero-order chi connectivity index (χ0) is 18.7. The van der Waals surface area contributed by atoms with Gasteiger partial charge < -0.3 is 14.4 Å². The molecule has 1 aromatic carbocycles. The highest BCUT2D eigenvalue weighted by molar-refractivity contribution is 5.76. The molecule has 0 aliphatic rings. The second-order valence-corrected chi connectivity index (χ2v) is 5.89. The Hall–Kier alpha value is -3.03. The number of aromatic nitrogens is 2. The number of amides is 1. The summed E-state index contributed by atoms with van der Waals surface area (Å²) in [5, 5.41) is 10.4. The molecule has 0 bridgehead atoms. The summed E-state index contributed by atoms with van der Waals surface area (Å²) >= 11 is 0. The van der Waals surface area contributed by atoms with E-state index in [4.69, 9.17) is 9.05 Å². The molecule has 0 atom stereocenters. The van der Waals surface area contributed by atoms with E-state index in [9.17, 15) is 13.6 Å². The highest BCUT2D eigenvalue weighted by atomic mass is 19.1. The summed E-state index contributed by atoms with van der Waals surface area (Å²) in [4.78, 5) is 12.0. The molecule has 0 saturated heterocycles. The van der Waals surface area contributed by atoms with Crippen molar-refractivity contribution in [3.63, 3.8) is 0 Å². The maximum Gasteiger partial charge on any atom is 0.220 e. The van der Waals surface area contributed by atoms with Crippen LogP contribution >= 0.6 is 0 Å². The lowest BCUT2D eigenvalue weighted by Gasteiger charge is -2.02. The smallest absolute Gasteiger partial charge is 0.220 e. The fourth-order valence-electron chi connectivity index (χ4n) is 2.59. The summed E-state index contributed by atoms with van der Waals surface area (Å²) in [7, 11) is 0. The van der Waals surface area contributed by atoms with E-state index in [1.807, 2.05) is 6.92 Å². The second kappa shape index (κ2) is 7.47. The Morgan fingerprint density at radius 3 is 2.65 bits per heavy atom. The number of carbonyl (C=O) groups is 1. The van der Waals surface area contributed by atoms with Gasteiger partial charge in [0.25, 0.3) is 0 Å². The van der Waals surface area contributed by atoms with Crippen molar-refractivity contribution in [2.45, 2.75) is 33.2 Å². The number of benzene rings is 1. The van der Waals surface area contributed by atoms with Crippen LogP contribution < -0.4 is 5.32 Å². The third-order valence-corrected chi connectivity index (χ3v) is 4.01. The van der Waals surface area contributed by atoms with Crippen molar-refractivity contribution in [3.8, 4) is 11.3 Å². The molecular formula is C18H17F2N3O3. The Morgan fingerprint density at radius 2 is 1.96 bits per heavy atom. The van der Waals surface area contributed by atoms with E-state index in [2.05, 4.69) is 15.6 Å². The molecule has 0 aliphatic carbocycles. The van der Waals surface area contributed by atoms with Crippen LogP contribution in [0, 0.1) is 25.5 Å². The minimum Gasteiger partial charge on any atom is -0.361 e. The third kappa shape index (κ3) is 3.96. The topological polar surface area (TPSA) is 81.2 Å². The van der Waals surface area contributed by atoms with Crippen LogP contribution in [0.4, 0.5) is 8.78 Å². The van der Waals surface area contributed by atoms with E-state index in [0.717, 1.165) is 23.4 Å². The maximum absolute atomic E-state index is 13.7. The summed E-state index contributed by atoms with van der Waals surface area (Å²) < 4.78 is 36.8. The fraction of sp³-hybridized carbons (Fsp3) is 0.278. The van der Waals surface area contributed by atoms with Crippen molar-refractivity contribution in [1.82, 2.24) is 15.6 Å². The van der Waals surface area contributed by atoms with Crippen molar-refractivity contribution < 1.29 is 22.6 Å². The number of halogens is 2.